The van der Waals surface area contributed by atoms with Gasteiger partial charge in [0.25, 0.3) is 0 Å². The van der Waals surface area contributed by atoms with E-state index >= 15 is 0 Å². The van der Waals surface area contributed by atoms with Crippen LogP contribution in [0.4, 0.5) is 0 Å². The summed E-state index contributed by atoms with van der Waals surface area (Å²) >= 11 is 0. The Labute approximate surface area is 105 Å². The Morgan fingerprint density at radius 1 is 1.50 bits per heavy atom. The summed E-state index contributed by atoms with van der Waals surface area (Å²) in [5, 5.41) is 8.40. The second-order valence-electron chi connectivity index (χ2n) is 4.68. The molecule has 1 aliphatic rings. The summed E-state index contributed by atoms with van der Waals surface area (Å²) < 4.78 is 7.49. The minimum Gasteiger partial charge on any atom is -0.477 e. The van der Waals surface area contributed by atoms with E-state index < -0.39 is 0 Å². The summed E-state index contributed by atoms with van der Waals surface area (Å²) in [5.74, 6) is 1.37. The smallest absolute Gasteiger partial charge is 0.227 e. The maximum atomic E-state index is 5.76. The molecule has 1 atom stereocenters. The summed E-state index contributed by atoms with van der Waals surface area (Å²) in [6, 6.07) is 0. The molecule has 2 aromatic rings. The van der Waals surface area contributed by atoms with E-state index in [1.807, 2.05) is 7.05 Å². The molecule has 6 nitrogen and oxygen atoms in total. The number of hydrogen-bond donors (Lipinski definition) is 1. The van der Waals surface area contributed by atoms with Crippen LogP contribution in [0.5, 0.6) is 5.88 Å². The molecule has 2 aromatic heterocycles. The Balaban J connectivity index is 1.66. The van der Waals surface area contributed by atoms with Crippen molar-refractivity contribution in [1.29, 1.82) is 0 Å². The van der Waals surface area contributed by atoms with Gasteiger partial charge in [-0.05, 0) is 31.8 Å². The average Bonchev–Trinajstić information content (AvgIpc) is 3.01. The van der Waals surface area contributed by atoms with Gasteiger partial charge in [-0.2, -0.15) is 5.10 Å². The quantitative estimate of drug-likeness (QED) is 0.863. The van der Waals surface area contributed by atoms with Crippen LogP contribution in [0.25, 0.3) is 11.0 Å². The lowest BCUT2D eigenvalue weighted by atomic mass is 10.1. The van der Waals surface area contributed by atoms with Crippen molar-refractivity contribution < 1.29 is 4.74 Å². The minimum atomic E-state index is 0.638. The molecular weight excluding hydrogens is 230 g/mol. The maximum absolute atomic E-state index is 5.76. The van der Waals surface area contributed by atoms with Crippen molar-refractivity contribution in [1.82, 2.24) is 25.1 Å². The third-order valence-electron chi connectivity index (χ3n) is 3.42. The number of rotatable bonds is 4. The van der Waals surface area contributed by atoms with Gasteiger partial charge in [0.15, 0.2) is 5.65 Å². The van der Waals surface area contributed by atoms with E-state index in [0.717, 1.165) is 36.5 Å². The van der Waals surface area contributed by atoms with Crippen molar-refractivity contribution in [2.45, 2.75) is 12.8 Å². The highest BCUT2D eigenvalue weighted by atomic mass is 16.5. The second kappa shape index (κ2) is 4.89. The number of nitrogens with zero attached hydrogens (tertiary/aromatic N) is 4. The van der Waals surface area contributed by atoms with E-state index in [1.54, 1.807) is 10.9 Å². The first-order valence-corrected chi connectivity index (χ1v) is 6.31. The van der Waals surface area contributed by atoms with Crippen molar-refractivity contribution >= 4 is 11.0 Å². The van der Waals surface area contributed by atoms with Crippen molar-refractivity contribution in [3.8, 4) is 5.88 Å². The molecule has 96 valence electrons. The second-order valence-corrected chi connectivity index (χ2v) is 4.68. The van der Waals surface area contributed by atoms with Gasteiger partial charge in [0.1, 0.15) is 11.7 Å². The summed E-state index contributed by atoms with van der Waals surface area (Å²) in [6.07, 6.45) is 5.59. The van der Waals surface area contributed by atoms with E-state index in [4.69, 9.17) is 4.74 Å². The van der Waals surface area contributed by atoms with Crippen LogP contribution in [-0.4, -0.2) is 39.4 Å². The first kappa shape index (κ1) is 11.4. The molecule has 0 amide bonds. The molecule has 0 aromatic carbocycles. The number of fused-ring (bicyclic) bond motifs is 1. The molecule has 1 aliphatic heterocycles. The van der Waals surface area contributed by atoms with E-state index in [9.17, 15) is 0 Å². The summed E-state index contributed by atoms with van der Waals surface area (Å²) in [6.45, 7) is 2.94. The van der Waals surface area contributed by atoms with E-state index in [1.165, 1.54) is 12.7 Å². The Kier molecular flexibility index (Phi) is 3.10. The molecule has 18 heavy (non-hydrogen) atoms. The monoisotopic (exact) mass is 247 g/mol. The van der Waals surface area contributed by atoms with Crippen LogP contribution in [0.15, 0.2) is 12.5 Å². The zero-order valence-electron chi connectivity index (χ0n) is 10.5. The lowest BCUT2D eigenvalue weighted by Crippen LogP contribution is -2.12. The highest BCUT2D eigenvalue weighted by molar-refractivity contribution is 5.79. The van der Waals surface area contributed by atoms with Gasteiger partial charge in [0.2, 0.25) is 5.88 Å². The van der Waals surface area contributed by atoms with Gasteiger partial charge in [-0.3, -0.25) is 4.68 Å². The standard InChI is InChI=1S/C12H17N5O/c1-17-11-10(7-16-17)12(15-8-14-11)18-5-3-9-2-4-13-6-9/h7-9,13H,2-6H2,1H3. The lowest BCUT2D eigenvalue weighted by Gasteiger charge is -2.09. The van der Waals surface area contributed by atoms with Crippen molar-refractivity contribution in [2.75, 3.05) is 19.7 Å². The Morgan fingerprint density at radius 2 is 2.44 bits per heavy atom. The molecule has 6 heteroatoms. The van der Waals surface area contributed by atoms with Gasteiger partial charge < -0.3 is 10.1 Å². The number of ether oxygens (including phenoxy) is 1. The zero-order chi connectivity index (χ0) is 12.4. The lowest BCUT2D eigenvalue weighted by molar-refractivity contribution is 0.277. The molecule has 1 saturated heterocycles. The molecule has 0 spiro atoms. The van der Waals surface area contributed by atoms with Gasteiger partial charge in [-0.15, -0.1) is 0 Å². The SMILES string of the molecule is Cn1ncc2c(OCCC3CCNC3)ncnc21. The number of aryl methyl sites for hydroxylation is 1. The summed E-state index contributed by atoms with van der Waals surface area (Å²) in [5.41, 5.74) is 0.808. The van der Waals surface area contributed by atoms with Crippen molar-refractivity contribution in [3.63, 3.8) is 0 Å². The maximum Gasteiger partial charge on any atom is 0.227 e. The van der Waals surface area contributed by atoms with Crippen molar-refractivity contribution in [3.05, 3.63) is 12.5 Å². The molecule has 0 saturated carbocycles. The van der Waals surface area contributed by atoms with Crippen molar-refractivity contribution in [2.24, 2.45) is 13.0 Å². The van der Waals surface area contributed by atoms with E-state index in [2.05, 4.69) is 20.4 Å². The molecule has 1 unspecified atom stereocenters. The third-order valence-corrected chi connectivity index (χ3v) is 3.42. The Hall–Kier alpha value is -1.69. The van der Waals surface area contributed by atoms with Crippen LogP contribution in [0.3, 0.4) is 0 Å². The topological polar surface area (TPSA) is 64.9 Å². The zero-order valence-corrected chi connectivity index (χ0v) is 10.5. The van der Waals surface area contributed by atoms with Gasteiger partial charge in [-0.25, -0.2) is 9.97 Å². The van der Waals surface area contributed by atoms with Crippen LogP contribution >= 0.6 is 0 Å². The number of aromatic nitrogens is 4. The number of hydrogen-bond acceptors (Lipinski definition) is 5. The Morgan fingerprint density at radius 3 is 3.28 bits per heavy atom. The minimum absolute atomic E-state index is 0.638. The van der Waals surface area contributed by atoms with E-state index in [0.29, 0.717) is 12.5 Å². The van der Waals surface area contributed by atoms with Crippen LogP contribution in [-0.2, 0) is 7.05 Å². The normalized spacial score (nSPS) is 19.5. The van der Waals surface area contributed by atoms with Crippen LogP contribution < -0.4 is 10.1 Å². The summed E-state index contributed by atoms with van der Waals surface area (Å²) in [7, 11) is 1.86. The fourth-order valence-electron chi connectivity index (χ4n) is 2.34. The molecule has 0 radical (unpaired) electrons. The molecule has 1 fully saturated rings. The largest absolute Gasteiger partial charge is 0.477 e. The van der Waals surface area contributed by atoms with Gasteiger partial charge >= 0.3 is 0 Å². The predicted octanol–water partition coefficient (Wildman–Crippen LogP) is 0.742. The fraction of sp³-hybridized carbons (Fsp3) is 0.583. The first-order chi connectivity index (χ1) is 8.84. The molecule has 0 aliphatic carbocycles. The molecule has 1 N–H and O–H groups in total. The highest BCUT2D eigenvalue weighted by Gasteiger charge is 2.15. The number of nitrogens with one attached hydrogen (secondary N) is 1. The fourth-order valence-corrected chi connectivity index (χ4v) is 2.34. The third kappa shape index (κ3) is 2.15. The van der Waals surface area contributed by atoms with E-state index in [-0.39, 0.29) is 0 Å². The van der Waals surface area contributed by atoms with Crippen LogP contribution in [0.2, 0.25) is 0 Å². The van der Waals surface area contributed by atoms with Gasteiger partial charge in [-0.1, -0.05) is 0 Å². The Bertz CT molecular complexity index is 532. The highest BCUT2D eigenvalue weighted by Crippen LogP contribution is 2.21. The van der Waals surface area contributed by atoms with Gasteiger partial charge in [0, 0.05) is 7.05 Å². The first-order valence-electron chi connectivity index (χ1n) is 6.31. The van der Waals surface area contributed by atoms with Gasteiger partial charge in [0.05, 0.1) is 12.8 Å². The molecular formula is C12H17N5O. The molecule has 3 rings (SSSR count). The van der Waals surface area contributed by atoms with Crippen LogP contribution in [0.1, 0.15) is 12.8 Å². The van der Waals surface area contributed by atoms with Crippen LogP contribution in [0, 0.1) is 5.92 Å². The predicted molar refractivity (Wildman–Crippen MR) is 67.4 cm³/mol. The summed E-state index contributed by atoms with van der Waals surface area (Å²) in [4.78, 5) is 8.37. The average molecular weight is 247 g/mol. The molecule has 3 heterocycles. The molecule has 0 bridgehead atoms.